The fraction of sp³-hybridized carbons (Fsp3) is 0.889. The van der Waals surface area contributed by atoms with Crippen molar-refractivity contribution in [2.75, 3.05) is 25.2 Å². The van der Waals surface area contributed by atoms with E-state index in [2.05, 4.69) is 5.32 Å². The molecule has 5 heteroatoms. The molecule has 1 aliphatic rings. The van der Waals surface area contributed by atoms with Gasteiger partial charge in [-0.3, -0.25) is 4.79 Å². The van der Waals surface area contributed by atoms with Gasteiger partial charge in [-0.1, -0.05) is 0 Å². The topological polar surface area (TPSA) is 58.6 Å². The van der Waals surface area contributed by atoms with Crippen molar-refractivity contribution in [3.63, 3.8) is 0 Å². The van der Waals surface area contributed by atoms with Crippen molar-refractivity contribution < 1.29 is 14.6 Å². The Balaban J connectivity index is 2.09. The molecule has 0 radical (unpaired) electrons. The number of rotatable bonds is 6. The summed E-state index contributed by atoms with van der Waals surface area (Å²) in [7, 11) is 1.67. The third-order valence-electron chi connectivity index (χ3n) is 2.26. The summed E-state index contributed by atoms with van der Waals surface area (Å²) in [5.41, 5.74) is 0. The maximum Gasteiger partial charge on any atom is 0.321 e. The van der Waals surface area contributed by atoms with Crippen LogP contribution in [0.15, 0.2) is 0 Å². The van der Waals surface area contributed by atoms with Crippen LogP contribution in [0.3, 0.4) is 0 Å². The fourth-order valence-corrected chi connectivity index (χ4v) is 2.58. The van der Waals surface area contributed by atoms with Gasteiger partial charge in [-0.15, -0.1) is 0 Å². The first-order valence-corrected chi connectivity index (χ1v) is 5.99. The molecular formula is C9H17NO3S. The first-order chi connectivity index (χ1) is 6.74. The Kier molecular flexibility index (Phi) is 5.29. The van der Waals surface area contributed by atoms with Gasteiger partial charge < -0.3 is 15.2 Å². The summed E-state index contributed by atoms with van der Waals surface area (Å²) < 4.78 is 5.44. The Morgan fingerprint density at radius 1 is 1.79 bits per heavy atom. The zero-order valence-corrected chi connectivity index (χ0v) is 9.18. The van der Waals surface area contributed by atoms with Crippen molar-refractivity contribution >= 4 is 17.7 Å². The maximum atomic E-state index is 10.7. The highest BCUT2D eigenvalue weighted by atomic mass is 32.2. The molecule has 14 heavy (non-hydrogen) atoms. The summed E-state index contributed by atoms with van der Waals surface area (Å²) in [5.74, 6) is 0.726. The summed E-state index contributed by atoms with van der Waals surface area (Å²) >= 11 is 1.64. The van der Waals surface area contributed by atoms with Gasteiger partial charge in [0.15, 0.2) is 0 Å². The van der Waals surface area contributed by atoms with E-state index < -0.39 is 12.0 Å². The molecule has 82 valence electrons. The van der Waals surface area contributed by atoms with Crippen molar-refractivity contribution in [3.8, 4) is 0 Å². The van der Waals surface area contributed by atoms with E-state index >= 15 is 0 Å². The molecule has 2 N–H and O–H groups in total. The molecule has 0 aliphatic carbocycles. The molecule has 0 spiro atoms. The molecule has 1 saturated heterocycles. The van der Waals surface area contributed by atoms with Crippen molar-refractivity contribution in [2.24, 2.45) is 0 Å². The lowest BCUT2D eigenvalue weighted by atomic mass is 10.3. The van der Waals surface area contributed by atoms with Crippen LogP contribution >= 0.6 is 11.8 Å². The van der Waals surface area contributed by atoms with E-state index in [1.165, 1.54) is 0 Å². The second kappa shape index (κ2) is 6.27. The van der Waals surface area contributed by atoms with Crippen LogP contribution in [0, 0.1) is 0 Å². The van der Waals surface area contributed by atoms with Gasteiger partial charge in [0.2, 0.25) is 0 Å². The third-order valence-corrected chi connectivity index (χ3v) is 3.44. The lowest BCUT2D eigenvalue weighted by molar-refractivity contribution is -0.138. The smallest absolute Gasteiger partial charge is 0.321 e. The normalized spacial score (nSPS) is 23.6. The molecule has 1 aliphatic heterocycles. The van der Waals surface area contributed by atoms with E-state index in [1.54, 1.807) is 18.8 Å². The van der Waals surface area contributed by atoms with Gasteiger partial charge in [-0.2, -0.15) is 11.8 Å². The predicted octanol–water partition coefficient (Wildman–Crippen LogP) is 0.571. The van der Waals surface area contributed by atoms with Crippen molar-refractivity contribution in [1.82, 2.24) is 5.32 Å². The van der Waals surface area contributed by atoms with Gasteiger partial charge in [0.1, 0.15) is 6.04 Å². The number of likely N-dealkylation sites (N-methyl/N-ethyl adjacent to an activating group) is 1. The first-order valence-electron chi connectivity index (χ1n) is 4.83. The number of thioether (sulfide) groups is 1. The van der Waals surface area contributed by atoms with Crippen LogP contribution < -0.4 is 5.32 Å². The first kappa shape index (κ1) is 11.8. The maximum absolute atomic E-state index is 10.7. The zero-order chi connectivity index (χ0) is 10.4. The second-order valence-electron chi connectivity index (χ2n) is 3.35. The van der Waals surface area contributed by atoms with Crippen LogP contribution in [-0.4, -0.2) is 48.4 Å². The number of hydrogen-bond acceptors (Lipinski definition) is 4. The average Bonchev–Trinajstić information content (AvgIpc) is 2.64. The molecule has 2 unspecified atom stereocenters. The number of ether oxygens (including phenoxy) is 1. The van der Waals surface area contributed by atoms with Gasteiger partial charge in [-0.05, 0) is 19.9 Å². The van der Waals surface area contributed by atoms with Gasteiger partial charge in [0.25, 0.3) is 0 Å². The second-order valence-corrected chi connectivity index (χ2v) is 4.43. The Bertz CT molecular complexity index is 183. The van der Waals surface area contributed by atoms with Crippen molar-refractivity contribution in [2.45, 2.75) is 25.0 Å². The molecule has 1 fully saturated rings. The lowest BCUT2D eigenvalue weighted by Crippen LogP contribution is -2.36. The van der Waals surface area contributed by atoms with Crippen LogP contribution in [-0.2, 0) is 9.53 Å². The Labute approximate surface area is 88.4 Å². The highest BCUT2D eigenvalue weighted by Crippen LogP contribution is 2.17. The summed E-state index contributed by atoms with van der Waals surface area (Å²) in [6, 6.07) is -0.443. The number of carboxylic acid groups (broad SMARTS) is 1. The quantitative estimate of drug-likeness (QED) is 0.684. The molecular weight excluding hydrogens is 202 g/mol. The molecule has 0 aromatic rings. The summed E-state index contributed by atoms with van der Waals surface area (Å²) in [4.78, 5) is 10.7. The monoisotopic (exact) mass is 219 g/mol. The Morgan fingerprint density at radius 3 is 3.07 bits per heavy atom. The third kappa shape index (κ3) is 3.86. The number of nitrogens with one attached hydrogen (secondary N) is 1. The van der Waals surface area contributed by atoms with Crippen molar-refractivity contribution in [1.29, 1.82) is 0 Å². The molecule has 0 saturated carbocycles. The van der Waals surface area contributed by atoms with E-state index in [1.807, 2.05) is 0 Å². The summed E-state index contributed by atoms with van der Waals surface area (Å²) in [6.45, 7) is 0.861. The average molecular weight is 219 g/mol. The van der Waals surface area contributed by atoms with Gasteiger partial charge in [-0.25, -0.2) is 0 Å². The van der Waals surface area contributed by atoms with E-state index in [9.17, 15) is 4.79 Å². The molecule has 0 amide bonds. The van der Waals surface area contributed by atoms with Crippen LogP contribution in [0.4, 0.5) is 0 Å². The molecule has 0 bridgehead atoms. The highest BCUT2D eigenvalue weighted by Gasteiger charge is 2.18. The van der Waals surface area contributed by atoms with Gasteiger partial charge >= 0.3 is 5.97 Å². The molecule has 0 aromatic carbocycles. The Hall–Kier alpha value is -0.260. The van der Waals surface area contributed by atoms with Crippen LogP contribution in [0.5, 0.6) is 0 Å². The molecule has 2 atom stereocenters. The van der Waals surface area contributed by atoms with Crippen LogP contribution in [0.2, 0.25) is 0 Å². The zero-order valence-electron chi connectivity index (χ0n) is 8.36. The number of hydrogen-bond donors (Lipinski definition) is 2. The summed E-state index contributed by atoms with van der Waals surface area (Å²) in [6.07, 6.45) is 2.59. The minimum atomic E-state index is -0.785. The van der Waals surface area contributed by atoms with Gasteiger partial charge in [0, 0.05) is 18.1 Å². The van der Waals surface area contributed by atoms with Crippen LogP contribution in [0.25, 0.3) is 0 Å². The minimum absolute atomic E-state index is 0.339. The molecule has 1 heterocycles. The Morgan fingerprint density at radius 2 is 2.57 bits per heavy atom. The van der Waals surface area contributed by atoms with E-state index in [-0.39, 0.29) is 0 Å². The van der Waals surface area contributed by atoms with E-state index in [4.69, 9.17) is 9.84 Å². The number of carbonyl (C=O) groups is 1. The molecule has 0 aromatic heterocycles. The fourth-order valence-electron chi connectivity index (χ4n) is 1.37. The predicted molar refractivity (Wildman–Crippen MR) is 56.8 cm³/mol. The van der Waals surface area contributed by atoms with E-state index in [0.29, 0.717) is 11.9 Å². The highest BCUT2D eigenvalue weighted by molar-refractivity contribution is 7.99. The molecule has 1 rings (SSSR count). The molecule has 4 nitrogen and oxygen atoms in total. The SMILES string of the molecule is CNC(CSCC1CCCO1)C(=O)O. The van der Waals surface area contributed by atoms with Crippen LogP contribution in [0.1, 0.15) is 12.8 Å². The number of carboxylic acids is 1. The van der Waals surface area contributed by atoms with Crippen molar-refractivity contribution in [3.05, 3.63) is 0 Å². The standard InChI is InChI=1S/C9H17NO3S/c1-10-8(9(11)12)6-14-5-7-3-2-4-13-7/h7-8,10H,2-6H2,1H3,(H,11,12). The minimum Gasteiger partial charge on any atom is -0.480 e. The lowest BCUT2D eigenvalue weighted by Gasteiger charge is -2.12. The number of aliphatic carboxylic acids is 1. The van der Waals surface area contributed by atoms with Gasteiger partial charge in [0.05, 0.1) is 6.10 Å². The summed E-state index contributed by atoms with van der Waals surface area (Å²) in [5, 5.41) is 11.5. The van der Waals surface area contributed by atoms with E-state index in [0.717, 1.165) is 25.2 Å². The largest absolute Gasteiger partial charge is 0.480 e.